The van der Waals surface area contributed by atoms with Crippen LogP contribution in [0, 0.1) is 5.92 Å². The van der Waals surface area contributed by atoms with Crippen molar-refractivity contribution >= 4 is 34.4 Å². The van der Waals surface area contributed by atoms with Gasteiger partial charge in [0.15, 0.2) is 5.17 Å². The summed E-state index contributed by atoms with van der Waals surface area (Å²) >= 11 is 3.92. The van der Waals surface area contributed by atoms with Gasteiger partial charge in [-0.15, -0.1) is 5.48 Å². The SMILES string of the molecule is CSC1CCC=C(CCCSC2=NNC(C3CCC4NON=C4C3)N2C)C1. The third-order valence-corrected chi connectivity index (χ3v) is 8.33. The number of allylic oxidation sites excluding steroid dienone is 2. The zero-order chi connectivity index (χ0) is 18.6. The molecular formula is C19H31N5OS2. The van der Waals surface area contributed by atoms with Gasteiger partial charge in [0.25, 0.3) is 0 Å². The highest BCUT2D eigenvalue weighted by Crippen LogP contribution is 2.32. The molecule has 1 fully saturated rings. The zero-order valence-electron chi connectivity index (χ0n) is 16.3. The van der Waals surface area contributed by atoms with Crippen LogP contribution in [0.25, 0.3) is 0 Å². The fourth-order valence-electron chi connectivity index (χ4n) is 4.49. The maximum atomic E-state index is 5.04. The van der Waals surface area contributed by atoms with Gasteiger partial charge in [0, 0.05) is 24.0 Å². The van der Waals surface area contributed by atoms with Crippen LogP contribution in [0.5, 0.6) is 0 Å². The highest BCUT2D eigenvalue weighted by atomic mass is 32.2. The minimum atomic E-state index is 0.278. The largest absolute Gasteiger partial charge is 0.331 e. The van der Waals surface area contributed by atoms with E-state index in [0.717, 1.165) is 34.7 Å². The maximum Gasteiger partial charge on any atom is 0.184 e. The van der Waals surface area contributed by atoms with Crippen molar-refractivity contribution in [3.05, 3.63) is 11.6 Å². The molecule has 0 amide bonds. The Morgan fingerprint density at radius 2 is 2.22 bits per heavy atom. The van der Waals surface area contributed by atoms with Crippen LogP contribution < -0.4 is 10.9 Å². The number of fused-ring (bicyclic) bond motifs is 1. The summed E-state index contributed by atoms with van der Waals surface area (Å²) in [6, 6.07) is 0.322. The maximum absolute atomic E-state index is 5.04. The second-order valence-electron chi connectivity index (χ2n) is 7.92. The Morgan fingerprint density at radius 3 is 3.11 bits per heavy atom. The van der Waals surface area contributed by atoms with Gasteiger partial charge in [-0.25, -0.2) is 0 Å². The summed E-state index contributed by atoms with van der Waals surface area (Å²) in [6.07, 6.45) is 14.6. The number of hydrazone groups is 1. The summed E-state index contributed by atoms with van der Waals surface area (Å²) < 4.78 is 0. The van der Waals surface area contributed by atoms with Gasteiger partial charge in [-0.1, -0.05) is 28.6 Å². The first-order chi connectivity index (χ1) is 13.2. The summed E-state index contributed by atoms with van der Waals surface area (Å²) in [5.74, 6) is 1.67. The molecule has 2 N–H and O–H groups in total. The van der Waals surface area contributed by atoms with Crippen molar-refractivity contribution in [1.82, 2.24) is 15.8 Å². The van der Waals surface area contributed by atoms with Crippen LogP contribution in [0.2, 0.25) is 0 Å². The van der Waals surface area contributed by atoms with Crippen LogP contribution in [0.15, 0.2) is 21.9 Å². The molecule has 0 saturated heterocycles. The fourth-order valence-corrected chi connectivity index (χ4v) is 6.15. The Hall–Kier alpha value is -0.860. The lowest BCUT2D eigenvalue weighted by molar-refractivity contribution is 0.0566. The van der Waals surface area contributed by atoms with Gasteiger partial charge in [-0.3, -0.25) is 10.4 Å². The van der Waals surface area contributed by atoms with E-state index >= 15 is 0 Å². The van der Waals surface area contributed by atoms with E-state index < -0.39 is 0 Å². The number of rotatable bonds is 6. The van der Waals surface area contributed by atoms with Crippen LogP contribution in [0.4, 0.5) is 0 Å². The molecule has 1 saturated carbocycles. The molecule has 2 aliphatic carbocycles. The lowest BCUT2D eigenvalue weighted by Crippen LogP contribution is -2.47. The van der Waals surface area contributed by atoms with Crippen molar-refractivity contribution in [3.63, 3.8) is 0 Å². The average molecular weight is 410 g/mol. The predicted octanol–water partition coefficient (Wildman–Crippen LogP) is 3.53. The minimum Gasteiger partial charge on any atom is -0.331 e. The third-order valence-electron chi connectivity index (χ3n) is 6.13. The molecule has 0 aromatic heterocycles. The molecule has 6 nitrogen and oxygen atoms in total. The molecule has 4 atom stereocenters. The van der Waals surface area contributed by atoms with E-state index in [9.17, 15) is 0 Å². The Bertz CT molecular complexity index is 623. The second kappa shape index (κ2) is 9.09. The summed E-state index contributed by atoms with van der Waals surface area (Å²) in [7, 11) is 2.17. The monoisotopic (exact) mass is 409 g/mol. The highest BCUT2D eigenvalue weighted by molar-refractivity contribution is 8.13. The van der Waals surface area contributed by atoms with Gasteiger partial charge < -0.3 is 4.90 Å². The van der Waals surface area contributed by atoms with Crippen molar-refractivity contribution in [2.45, 2.75) is 68.8 Å². The normalized spacial score (nSPS) is 33.0. The van der Waals surface area contributed by atoms with Crippen molar-refractivity contribution in [2.75, 3.05) is 19.1 Å². The van der Waals surface area contributed by atoms with Crippen LogP contribution >= 0.6 is 23.5 Å². The van der Waals surface area contributed by atoms with Crippen LogP contribution in [-0.4, -0.2) is 52.3 Å². The summed E-state index contributed by atoms with van der Waals surface area (Å²) in [4.78, 5) is 7.37. The smallest absolute Gasteiger partial charge is 0.184 e. The molecule has 2 heterocycles. The van der Waals surface area contributed by atoms with Crippen LogP contribution in [0.3, 0.4) is 0 Å². The number of thioether (sulfide) groups is 2. The number of hydrogen-bond donors (Lipinski definition) is 2. The van der Waals surface area contributed by atoms with Gasteiger partial charge in [-0.05, 0) is 57.6 Å². The molecule has 4 aliphatic rings. The zero-order valence-corrected chi connectivity index (χ0v) is 18.0. The van der Waals surface area contributed by atoms with Gasteiger partial charge >= 0.3 is 0 Å². The first kappa shape index (κ1) is 19.5. The van der Waals surface area contributed by atoms with Crippen LogP contribution in [-0.2, 0) is 4.94 Å². The van der Waals surface area contributed by atoms with E-state index in [1.54, 1.807) is 5.57 Å². The summed E-state index contributed by atoms with van der Waals surface area (Å²) in [6.45, 7) is 0. The average Bonchev–Trinajstić information content (AvgIpc) is 3.31. The molecular weight excluding hydrogens is 378 g/mol. The number of nitrogens with one attached hydrogen (secondary N) is 2. The van der Waals surface area contributed by atoms with E-state index in [0.29, 0.717) is 12.0 Å². The van der Waals surface area contributed by atoms with E-state index in [1.807, 2.05) is 23.5 Å². The minimum absolute atomic E-state index is 0.278. The molecule has 4 unspecified atom stereocenters. The molecule has 0 aromatic rings. The quantitative estimate of drug-likeness (QED) is 0.517. The van der Waals surface area contributed by atoms with Gasteiger partial charge in [-0.2, -0.15) is 16.9 Å². The molecule has 150 valence electrons. The Labute approximate surface area is 170 Å². The van der Waals surface area contributed by atoms with Gasteiger partial charge in [0.05, 0.1) is 11.8 Å². The van der Waals surface area contributed by atoms with Crippen molar-refractivity contribution in [1.29, 1.82) is 0 Å². The number of hydrogen-bond acceptors (Lipinski definition) is 8. The topological polar surface area (TPSA) is 61.3 Å². The van der Waals surface area contributed by atoms with Crippen LogP contribution in [0.1, 0.15) is 51.4 Å². The van der Waals surface area contributed by atoms with E-state index in [4.69, 9.17) is 4.94 Å². The molecule has 0 aromatic carbocycles. The third kappa shape index (κ3) is 4.59. The van der Waals surface area contributed by atoms with Crippen molar-refractivity contribution < 1.29 is 4.94 Å². The van der Waals surface area contributed by atoms with Gasteiger partial charge in [0.2, 0.25) is 0 Å². The molecule has 8 heteroatoms. The summed E-state index contributed by atoms with van der Waals surface area (Å²) in [5.41, 5.74) is 9.18. The lowest BCUT2D eigenvalue weighted by atomic mass is 9.83. The predicted molar refractivity (Wildman–Crippen MR) is 116 cm³/mol. The van der Waals surface area contributed by atoms with Crippen molar-refractivity contribution in [2.24, 2.45) is 16.2 Å². The first-order valence-electron chi connectivity index (χ1n) is 10.1. The molecule has 0 radical (unpaired) electrons. The van der Waals surface area contributed by atoms with E-state index in [-0.39, 0.29) is 6.17 Å². The molecule has 4 rings (SSSR count). The van der Waals surface area contributed by atoms with E-state index in [2.05, 4.69) is 45.4 Å². The van der Waals surface area contributed by atoms with Crippen molar-refractivity contribution in [3.8, 4) is 0 Å². The molecule has 0 bridgehead atoms. The Morgan fingerprint density at radius 1 is 1.30 bits per heavy atom. The number of hydroxylamine groups is 1. The number of oxime groups is 1. The Balaban J connectivity index is 1.19. The molecule has 2 aliphatic heterocycles. The first-order valence-corrected chi connectivity index (χ1v) is 12.4. The lowest BCUT2D eigenvalue weighted by Gasteiger charge is -2.33. The second-order valence-corrected chi connectivity index (χ2v) is 10.1. The Kier molecular flexibility index (Phi) is 6.55. The van der Waals surface area contributed by atoms with E-state index in [1.165, 1.54) is 38.5 Å². The number of amidine groups is 1. The molecule has 0 spiro atoms. The fraction of sp³-hybridized carbons (Fsp3) is 0.789. The van der Waals surface area contributed by atoms with Gasteiger partial charge in [0.1, 0.15) is 6.17 Å². The summed E-state index contributed by atoms with van der Waals surface area (Å²) in [5, 5.41) is 10.7. The standard InChI is InChI=1S/C19H31N5OS2/c1-24-18(14-8-9-16-17(12-14)23-25-22-16)20-21-19(24)27-10-4-6-13-5-3-7-15(11-13)26-2/h5,14-16,18,20,22H,3-4,6-12H2,1-2H3. The highest BCUT2D eigenvalue weighted by Gasteiger charge is 2.39. The number of nitrogens with zero attached hydrogens (tertiary/aromatic N) is 3. The molecule has 27 heavy (non-hydrogen) atoms.